The van der Waals surface area contributed by atoms with Crippen LogP contribution in [0.15, 0.2) is 30.5 Å². The highest BCUT2D eigenvalue weighted by Gasteiger charge is 2.29. The van der Waals surface area contributed by atoms with Crippen LogP contribution in [-0.4, -0.2) is 47.2 Å². The summed E-state index contributed by atoms with van der Waals surface area (Å²) >= 11 is 6.22. The molecule has 168 valence electrons. The fourth-order valence-corrected chi connectivity index (χ4v) is 3.66. The van der Waals surface area contributed by atoms with Crippen LogP contribution in [0.1, 0.15) is 16.1 Å². The van der Waals surface area contributed by atoms with E-state index in [0.29, 0.717) is 57.8 Å². The molecule has 32 heavy (non-hydrogen) atoms. The summed E-state index contributed by atoms with van der Waals surface area (Å²) in [6, 6.07) is 6.64. The number of aromatic nitrogens is 3. The quantitative estimate of drug-likeness (QED) is 0.435. The number of para-hydroxylation sites is 1. The van der Waals surface area contributed by atoms with Gasteiger partial charge in [0, 0.05) is 24.9 Å². The Hall–Kier alpha value is -3.47. The van der Waals surface area contributed by atoms with Crippen molar-refractivity contribution in [2.24, 2.45) is 0 Å². The van der Waals surface area contributed by atoms with Crippen LogP contribution in [0.2, 0.25) is 5.02 Å². The van der Waals surface area contributed by atoms with Gasteiger partial charge in [-0.3, -0.25) is 4.79 Å². The molecule has 0 saturated carbocycles. The largest absolute Gasteiger partial charge is 0.493 e. The number of nitrogens with one attached hydrogen (secondary N) is 4. The number of H-pyrrole nitrogens is 1. The zero-order valence-electron chi connectivity index (χ0n) is 16.7. The maximum absolute atomic E-state index is 12.6. The third-order valence-electron chi connectivity index (χ3n) is 4.75. The number of benzene rings is 1. The average Bonchev–Trinajstić information content (AvgIpc) is 3.12. The molecule has 0 unspecified atom stereocenters. The molecular weight excluding hydrogens is 449 g/mol. The number of fused-ring (bicyclic) bond motifs is 1. The summed E-state index contributed by atoms with van der Waals surface area (Å²) in [5.74, 6) is -0.105. The molecule has 0 fully saturated rings. The van der Waals surface area contributed by atoms with E-state index in [1.807, 2.05) is 0 Å². The van der Waals surface area contributed by atoms with Gasteiger partial charge in [0.15, 0.2) is 5.75 Å². The summed E-state index contributed by atoms with van der Waals surface area (Å²) in [5, 5.41) is 8.51. The summed E-state index contributed by atoms with van der Waals surface area (Å²) in [5.41, 5.74) is 2.69. The number of methoxy groups -OCH3 is 1. The lowest BCUT2D eigenvalue weighted by Crippen LogP contribution is -2.31. The summed E-state index contributed by atoms with van der Waals surface area (Å²) in [6.45, 7) is -0.821. The fourth-order valence-electron chi connectivity index (χ4n) is 3.41. The molecule has 0 radical (unpaired) electrons. The summed E-state index contributed by atoms with van der Waals surface area (Å²) in [4.78, 5) is 23.9. The molecule has 0 spiro atoms. The van der Waals surface area contributed by atoms with Crippen LogP contribution in [0.4, 0.5) is 30.5 Å². The number of rotatable bonds is 6. The molecular formula is C20H18ClF3N6O2. The smallest absolute Gasteiger partial charge is 0.405 e. The van der Waals surface area contributed by atoms with Crippen LogP contribution >= 0.6 is 11.6 Å². The summed E-state index contributed by atoms with van der Waals surface area (Å²) < 4.78 is 43.1. The number of amides is 1. The molecule has 0 bridgehead atoms. The van der Waals surface area contributed by atoms with E-state index in [1.165, 1.54) is 19.4 Å². The minimum atomic E-state index is -4.42. The number of anilines is 3. The number of aromatic amines is 1. The normalized spacial score (nSPS) is 13.3. The number of nitrogens with zero attached hydrogens (tertiary/aromatic N) is 2. The van der Waals surface area contributed by atoms with E-state index in [0.717, 1.165) is 0 Å². The first-order chi connectivity index (χ1) is 15.3. The zero-order valence-corrected chi connectivity index (χ0v) is 17.5. The Morgan fingerprint density at radius 2 is 2.09 bits per heavy atom. The molecule has 12 heteroatoms. The molecule has 4 N–H and O–H groups in total. The molecule has 1 aliphatic rings. The first kappa shape index (κ1) is 21.8. The zero-order chi connectivity index (χ0) is 22.9. The number of hydrogen-bond acceptors (Lipinski definition) is 6. The van der Waals surface area contributed by atoms with Crippen LogP contribution < -0.4 is 20.7 Å². The molecule has 1 aliphatic heterocycles. The fraction of sp³-hybridized carbons (Fsp3) is 0.250. The van der Waals surface area contributed by atoms with Crippen molar-refractivity contribution < 1.29 is 22.7 Å². The lowest BCUT2D eigenvalue weighted by molar-refractivity contribution is -0.115. The van der Waals surface area contributed by atoms with Crippen LogP contribution in [0.5, 0.6) is 5.75 Å². The summed E-state index contributed by atoms with van der Waals surface area (Å²) in [6.07, 6.45) is -2.53. The minimum absolute atomic E-state index is 0.192. The molecule has 0 atom stereocenters. The Labute approximate surface area is 185 Å². The van der Waals surface area contributed by atoms with Gasteiger partial charge in [-0.25, -0.2) is 9.97 Å². The standard InChI is InChI=1S/C20H18ClF3N6O2/c1-32-17-10(21)3-2-4-13(17)29-16-14-11(5-7-25-18(14)31)28-15(16)12-6-8-26-19(30-12)27-9-20(22,23)24/h2-4,6,8,28-29H,5,7,9H2,1H3,(H,25,31)(H,26,27,30). The Balaban J connectivity index is 1.79. The highest BCUT2D eigenvalue weighted by atomic mass is 35.5. The van der Waals surface area contributed by atoms with Crippen LogP contribution in [0, 0.1) is 0 Å². The van der Waals surface area contributed by atoms with Gasteiger partial charge >= 0.3 is 6.18 Å². The predicted molar refractivity (Wildman–Crippen MR) is 114 cm³/mol. The van der Waals surface area contributed by atoms with Crippen molar-refractivity contribution in [2.75, 3.05) is 30.8 Å². The Morgan fingerprint density at radius 1 is 1.28 bits per heavy atom. The van der Waals surface area contributed by atoms with Gasteiger partial charge in [0.1, 0.15) is 6.54 Å². The first-order valence-corrected chi connectivity index (χ1v) is 9.91. The molecule has 1 aromatic carbocycles. The lowest BCUT2D eigenvalue weighted by Gasteiger charge is -2.17. The van der Waals surface area contributed by atoms with Crippen molar-refractivity contribution in [1.29, 1.82) is 0 Å². The van der Waals surface area contributed by atoms with Gasteiger partial charge in [-0.2, -0.15) is 13.2 Å². The van der Waals surface area contributed by atoms with Crippen LogP contribution in [0.3, 0.4) is 0 Å². The van der Waals surface area contributed by atoms with Crippen molar-refractivity contribution >= 4 is 34.8 Å². The van der Waals surface area contributed by atoms with E-state index < -0.39 is 12.7 Å². The first-order valence-electron chi connectivity index (χ1n) is 9.53. The second-order valence-corrected chi connectivity index (χ2v) is 7.32. The molecule has 3 aromatic rings. The molecule has 4 rings (SSSR count). The van der Waals surface area contributed by atoms with E-state index in [4.69, 9.17) is 16.3 Å². The minimum Gasteiger partial charge on any atom is -0.493 e. The molecule has 2 aromatic heterocycles. The second-order valence-electron chi connectivity index (χ2n) is 6.91. The monoisotopic (exact) mass is 466 g/mol. The third kappa shape index (κ3) is 4.42. The van der Waals surface area contributed by atoms with Crippen LogP contribution in [0.25, 0.3) is 11.4 Å². The molecule has 0 aliphatic carbocycles. The topological polar surface area (TPSA) is 104 Å². The summed E-state index contributed by atoms with van der Waals surface area (Å²) in [7, 11) is 1.47. The van der Waals surface area contributed by atoms with Crippen molar-refractivity contribution in [1.82, 2.24) is 20.3 Å². The third-order valence-corrected chi connectivity index (χ3v) is 5.05. The highest BCUT2D eigenvalue weighted by Crippen LogP contribution is 2.40. The SMILES string of the molecule is COc1c(Cl)cccc1Nc1c(-c2ccnc(NCC(F)(F)F)n2)[nH]c2c1C(=O)NCC2. The van der Waals surface area contributed by atoms with Gasteiger partial charge in [0.05, 0.1) is 40.5 Å². The number of hydrogen-bond donors (Lipinski definition) is 4. The van der Waals surface area contributed by atoms with Gasteiger partial charge in [-0.05, 0) is 18.2 Å². The number of alkyl halides is 3. The van der Waals surface area contributed by atoms with Crippen molar-refractivity contribution in [3.63, 3.8) is 0 Å². The Kier molecular flexibility index (Phi) is 5.83. The molecule has 0 saturated heterocycles. The number of carbonyl (C=O) groups excluding carboxylic acids is 1. The molecule has 3 heterocycles. The van der Waals surface area contributed by atoms with E-state index in [-0.39, 0.29) is 11.9 Å². The highest BCUT2D eigenvalue weighted by molar-refractivity contribution is 6.32. The average molecular weight is 467 g/mol. The van der Waals surface area contributed by atoms with E-state index in [2.05, 4.69) is 30.9 Å². The van der Waals surface area contributed by atoms with E-state index >= 15 is 0 Å². The second kappa shape index (κ2) is 8.58. The van der Waals surface area contributed by atoms with Gasteiger partial charge in [0.2, 0.25) is 5.95 Å². The predicted octanol–water partition coefficient (Wildman–Crippen LogP) is 4.14. The maximum Gasteiger partial charge on any atom is 0.405 e. The van der Waals surface area contributed by atoms with Crippen LogP contribution in [-0.2, 0) is 6.42 Å². The maximum atomic E-state index is 12.6. The Morgan fingerprint density at radius 3 is 2.84 bits per heavy atom. The van der Waals surface area contributed by atoms with Crippen molar-refractivity contribution in [3.05, 3.63) is 46.7 Å². The van der Waals surface area contributed by atoms with E-state index in [1.54, 1.807) is 18.2 Å². The number of carbonyl (C=O) groups is 1. The van der Waals surface area contributed by atoms with Crippen molar-refractivity contribution in [3.8, 4) is 17.1 Å². The lowest BCUT2D eigenvalue weighted by atomic mass is 10.1. The molecule has 8 nitrogen and oxygen atoms in total. The molecule has 1 amide bonds. The van der Waals surface area contributed by atoms with Gasteiger partial charge in [-0.15, -0.1) is 0 Å². The van der Waals surface area contributed by atoms with E-state index in [9.17, 15) is 18.0 Å². The van der Waals surface area contributed by atoms with Crippen molar-refractivity contribution in [2.45, 2.75) is 12.6 Å². The number of ether oxygens (including phenoxy) is 1. The Bertz CT molecular complexity index is 1160. The van der Waals surface area contributed by atoms with Gasteiger partial charge in [0.25, 0.3) is 5.91 Å². The van der Waals surface area contributed by atoms with Gasteiger partial charge in [-0.1, -0.05) is 17.7 Å². The van der Waals surface area contributed by atoms with Gasteiger partial charge < -0.3 is 25.7 Å². The number of halogens is 4.